The maximum absolute atomic E-state index is 12.7. The van der Waals surface area contributed by atoms with Gasteiger partial charge in [-0.15, -0.1) is 0 Å². The average molecular weight is 498 g/mol. The third kappa shape index (κ3) is 7.07. The van der Waals surface area contributed by atoms with Gasteiger partial charge in [0.05, 0.1) is 6.21 Å². The summed E-state index contributed by atoms with van der Waals surface area (Å²) in [6.07, 6.45) is 1.49. The summed E-state index contributed by atoms with van der Waals surface area (Å²) in [6.45, 7) is 3.95. The standard InChI is InChI=1S/C26H25Cl2N3O3/c1-17(2)24(30-25(32)18-8-4-3-5-9-18)26(33)31-29-15-19-10-6-7-11-23(19)34-16-20-12-13-21(27)14-22(20)28/h3-15,17,24H,16H2,1-2H3,(H,30,32)(H,31,33)/b29-15+. The number of nitrogens with one attached hydrogen (secondary N) is 2. The Balaban J connectivity index is 1.63. The molecule has 0 aliphatic carbocycles. The van der Waals surface area contributed by atoms with E-state index in [4.69, 9.17) is 27.9 Å². The van der Waals surface area contributed by atoms with E-state index < -0.39 is 11.9 Å². The van der Waals surface area contributed by atoms with Crippen molar-refractivity contribution in [3.05, 3.63) is 99.5 Å². The second kappa shape index (κ2) is 12.2. The number of nitrogens with zero attached hydrogens (tertiary/aromatic N) is 1. The number of benzene rings is 3. The van der Waals surface area contributed by atoms with Gasteiger partial charge in [-0.3, -0.25) is 9.59 Å². The fourth-order valence-electron chi connectivity index (χ4n) is 3.10. The molecule has 1 atom stereocenters. The van der Waals surface area contributed by atoms with Crippen molar-refractivity contribution in [2.24, 2.45) is 11.0 Å². The van der Waals surface area contributed by atoms with Gasteiger partial charge in [0.15, 0.2) is 0 Å². The zero-order valence-corrected chi connectivity index (χ0v) is 20.3. The molecule has 176 valence electrons. The van der Waals surface area contributed by atoms with Crippen LogP contribution in [0.4, 0.5) is 0 Å². The van der Waals surface area contributed by atoms with Crippen molar-refractivity contribution in [2.75, 3.05) is 0 Å². The van der Waals surface area contributed by atoms with Gasteiger partial charge in [-0.2, -0.15) is 5.10 Å². The first-order valence-electron chi connectivity index (χ1n) is 10.7. The predicted molar refractivity (Wildman–Crippen MR) is 136 cm³/mol. The molecule has 0 bridgehead atoms. The maximum Gasteiger partial charge on any atom is 0.262 e. The molecular formula is C26H25Cl2N3O3. The molecule has 0 spiro atoms. The van der Waals surface area contributed by atoms with Crippen LogP contribution in [0.2, 0.25) is 10.0 Å². The van der Waals surface area contributed by atoms with Gasteiger partial charge in [0.2, 0.25) is 0 Å². The van der Waals surface area contributed by atoms with Crippen molar-refractivity contribution in [2.45, 2.75) is 26.5 Å². The van der Waals surface area contributed by atoms with Crippen LogP contribution >= 0.6 is 23.2 Å². The summed E-state index contributed by atoms with van der Waals surface area (Å²) in [5.41, 5.74) is 4.45. The first kappa shape index (κ1) is 25.3. The lowest BCUT2D eigenvalue weighted by molar-refractivity contribution is -0.123. The predicted octanol–water partition coefficient (Wildman–Crippen LogP) is 5.48. The minimum Gasteiger partial charge on any atom is -0.488 e. The second-order valence-electron chi connectivity index (χ2n) is 7.86. The van der Waals surface area contributed by atoms with Gasteiger partial charge in [0.25, 0.3) is 11.8 Å². The number of hydrazone groups is 1. The highest BCUT2D eigenvalue weighted by Crippen LogP contribution is 2.24. The van der Waals surface area contributed by atoms with E-state index in [1.54, 1.807) is 48.5 Å². The van der Waals surface area contributed by atoms with Crippen LogP contribution in [0.1, 0.15) is 35.3 Å². The van der Waals surface area contributed by atoms with E-state index in [2.05, 4.69) is 15.8 Å². The monoisotopic (exact) mass is 497 g/mol. The summed E-state index contributed by atoms with van der Waals surface area (Å²) >= 11 is 12.2. The largest absolute Gasteiger partial charge is 0.488 e. The van der Waals surface area contributed by atoms with Crippen LogP contribution in [0.3, 0.4) is 0 Å². The van der Waals surface area contributed by atoms with E-state index in [0.29, 0.717) is 26.9 Å². The second-order valence-corrected chi connectivity index (χ2v) is 8.70. The van der Waals surface area contributed by atoms with E-state index in [0.717, 1.165) is 5.56 Å². The molecule has 0 heterocycles. The lowest BCUT2D eigenvalue weighted by atomic mass is 10.0. The minimum absolute atomic E-state index is 0.136. The normalized spacial score (nSPS) is 11.9. The number of halogens is 2. The van der Waals surface area contributed by atoms with Gasteiger partial charge in [-0.05, 0) is 42.3 Å². The zero-order valence-electron chi connectivity index (χ0n) is 18.8. The van der Waals surface area contributed by atoms with Crippen LogP contribution in [0, 0.1) is 5.92 Å². The number of rotatable bonds is 9. The van der Waals surface area contributed by atoms with E-state index in [1.165, 1.54) is 6.21 Å². The molecule has 0 saturated carbocycles. The highest BCUT2D eigenvalue weighted by Gasteiger charge is 2.24. The van der Waals surface area contributed by atoms with E-state index in [-0.39, 0.29) is 18.4 Å². The van der Waals surface area contributed by atoms with Crippen molar-refractivity contribution in [1.82, 2.24) is 10.7 Å². The molecule has 0 fully saturated rings. The fourth-order valence-corrected chi connectivity index (χ4v) is 3.56. The van der Waals surface area contributed by atoms with Gasteiger partial charge in [0, 0.05) is 26.7 Å². The number of carbonyl (C=O) groups excluding carboxylic acids is 2. The Labute approximate surface area is 208 Å². The molecule has 0 radical (unpaired) electrons. The first-order chi connectivity index (χ1) is 16.3. The van der Waals surface area contributed by atoms with Crippen LogP contribution in [0.15, 0.2) is 77.9 Å². The molecule has 6 nitrogen and oxygen atoms in total. The smallest absolute Gasteiger partial charge is 0.262 e. The summed E-state index contributed by atoms with van der Waals surface area (Å²) in [5.74, 6) is -0.299. The minimum atomic E-state index is -0.747. The number of hydrogen-bond acceptors (Lipinski definition) is 4. The van der Waals surface area contributed by atoms with E-state index in [1.807, 2.05) is 38.1 Å². The molecule has 1 unspecified atom stereocenters. The Kier molecular flexibility index (Phi) is 9.08. The summed E-state index contributed by atoms with van der Waals surface area (Å²) in [6, 6.07) is 20.5. The average Bonchev–Trinajstić information content (AvgIpc) is 2.83. The van der Waals surface area contributed by atoms with Crippen LogP contribution in [-0.4, -0.2) is 24.1 Å². The maximum atomic E-state index is 12.7. The Bertz CT molecular complexity index is 1170. The van der Waals surface area contributed by atoms with Crippen molar-refractivity contribution < 1.29 is 14.3 Å². The van der Waals surface area contributed by atoms with Crippen LogP contribution in [0.25, 0.3) is 0 Å². The number of ether oxygens (including phenoxy) is 1. The highest BCUT2D eigenvalue weighted by atomic mass is 35.5. The molecule has 3 aromatic carbocycles. The molecule has 0 aromatic heterocycles. The first-order valence-corrected chi connectivity index (χ1v) is 11.5. The number of para-hydroxylation sites is 1. The lowest BCUT2D eigenvalue weighted by Gasteiger charge is -2.20. The highest BCUT2D eigenvalue weighted by molar-refractivity contribution is 6.35. The van der Waals surface area contributed by atoms with Crippen LogP contribution in [0.5, 0.6) is 5.75 Å². The quantitative estimate of drug-likeness (QED) is 0.303. The topological polar surface area (TPSA) is 79.8 Å². The molecule has 34 heavy (non-hydrogen) atoms. The van der Waals surface area contributed by atoms with Gasteiger partial charge < -0.3 is 10.1 Å². The lowest BCUT2D eigenvalue weighted by Crippen LogP contribution is -2.48. The van der Waals surface area contributed by atoms with Crippen molar-refractivity contribution in [1.29, 1.82) is 0 Å². The molecule has 3 aromatic rings. The van der Waals surface area contributed by atoms with Crippen molar-refractivity contribution in [3.63, 3.8) is 0 Å². The van der Waals surface area contributed by atoms with Gasteiger partial charge >= 0.3 is 0 Å². The SMILES string of the molecule is CC(C)C(NC(=O)c1ccccc1)C(=O)N/N=C/c1ccccc1OCc1ccc(Cl)cc1Cl. The fraction of sp³-hybridized carbons (Fsp3) is 0.192. The molecular weight excluding hydrogens is 473 g/mol. The molecule has 2 N–H and O–H groups in total. The Morgan fingerprint density at radius 3 is 2.41 bits per heavy atom. The summed E-state index contributed by atoms with van der Waals surface area (Å²) in [5, 5.41) is 7.91. The third-order valence-corrected chi connectivity index (χ3v) is 5.55. The Morgan fingerprint density at radius 2 is 1.71 bits per heavy atom. The number of amides is 2. The third-order valence-electron chi connectivity index (χ3n) is 4.97. The van der Waals surface area contributed by atoms with Crippen LogP contribution in [-0.2, 0) is 11.4 Å². The van der Waals surface area contributed by atoms with Gasteiger partial charge in [-0.25, -0.2) is 5.43 Å². The summed E-state index contributed by atoms with van der Waals surface area (Å²) in [7, 11) is 0. The molecule has 8 heteroatoms. The number of hydrogen-bond donors (Lipinski definition) is 2. The summed E-state index contributed by atoms with van der Waals surface area (Å²) in [4.78, 5) is 25.2. The Morgan fingerprint density at radius 1 is 1.00 bits per heavy atom. The van der Waals surface area contributed by atoms with E-state index >= 15 is 0 Å². The van der Waals surface area contributed by atoms with Gasteiger partial charge in [0.1, 0.15) is 18.4 Å². The molecule has 0 saturated heterocycles. The summed E-state index contributed by atoms with van der Waals surface area (Å²) < 4.78 is 5.90. The van der Waals surface area contributed by atoms with Gasteiger partial charge in [-0.1, -0.05) is 73.4 Å². The number of carbonyl (C=O) groups is 2. The Hall–Kier alpha value is -3.35. The van der Waals surface area contributed by atoms with Crippen LogP contribution < -0.4 is 15.5 Å². The van der Waals surface area contributed by atoms with E-state index in [9.17, 15) is 9.59 Å². The zero-order chi connectivity index (χ0) is 24.5. The molecule has 0 aliphatic rings. The molecule has 3 rings (SSSR count). The molecule has 2 amide bonds. The van der Waals surface area contributed by atoms with Crippen molar-refractivity contribution in [3.8, 4) is 5.75 Å². The molecule has 0 aliphatic heterocycles. The van der Waals surface area contributed by atoms with Crippen molar-refractivity contribution >= 4 is 41.2 Å².